The van der Waals surface area contributed by atoms with Crippen molar-refractivity contribution in [2.24, 2.45) is 11.3 Å². The van der Waals surface area contributed by atoms with E-state index in [2.05, 4.69) is 29.6 Å². The lowest BCUT2D eigenvalue weighted by atomic mass is 9.76. The molecule has 0 unspecified atom stereocenters. The Bertz CT molecular complexity index is 646. The fourth-order valence-electron chi connectivity index (χ4n) is 4.53. The number of hydrogen-bond acceptors (Lipinski definition) is 3. The summed E-state index contributed by atoms with van der Waals surface area (Å²) in [6, 6.07) is 10.9. The van der Waals surface area contributed by atoms with Crippen molar-refractivity contribution < 1.29 is 14.3 Å². The molecule has 5 nitrogen and oxygen atoms in total. The number of esters is 1. The molecule has 0 bridgehead atoms. The summed E-state index contributed by atoms with van der Waals surface area (Å²) in [5, 5.41) is 3.17. The van der Waals surface area contributed by atoms with Gasteiger partial charge in [0.05, 0.1) is 13.0 Å². The third-order valence-corrected chi connectivity index (χ3v) is 6.46. The quantitative estimate of drug-likeness (QED) is 0.859. The molecule has 0 radical (unpaired) electrons. The van der Waals surface area contributed by atoms with Crippen LogP contribution in [-0.4, -0.2) is 43.1 Å². The van der Waals surface area contributed by atoms with E-state index in [0.717, 1.165) is 45.2 Å². The summed E-state index contributed by atoms with van der Waals surface area (Å²) in [7, 11) is 1.46. The Balaban J connectivity index is 1.21. The number of nitrogens with one attached hydrogen (secondary N) is 1. The van der Waals surface area contributed by atoms with E-state index in [1.54, 1.807) is 0 Å². The first kappa shape index (κ1) is 16.4. The van der Waals surface area contributed by atoms with Crippen molar-refractivity contribution in [2.75, 3.05) is 20.2 Å². The fourth-order valence-corrected chi connectivity index (χ4v) is 4.53. The first-order chi connectivity index (χ1) is 12.1. The van der Waals surface area contributed by atoms with Crippen molar-refractivity contribution in [2.45, 2.75) is 44.1 Å². The molecule has 3 aliphatic rings. The second-order valence-corrected chi connectivity index (χ2v) is 7.85. The van der Waals surface area contributed by atoms with E-state index in [1.807, 2.05) is 11.0 Å². The van der Waals surface area contributed by atoms with Crippen LogP contribution in [0.4, 0.5) is 4.79 Å². The van der Waals surface area contributed by atoms with Crippen molar-refractivity contribution in [1.82, 2.24) is 10.2 Å². The van der Waals surface area contributed by atoms with Crippen molar-refractivity contribution in [1.29, 1.82) is 0 Å². The van der Waals surface area contributed by atoms with E-state index in [9.17, 15) is 9.59 Å². The number of carbonyl (C=O) groups excluding carboxylic acids is 2. The molecule has 3 fully saturated rings. The highest BCUT2D eigenvalue weighted by atomic mass is 16.5. The minimum Gasteiger partial charge on any atom is -0.469 e. The van der Waals surface area contributed by atoms with Crippen LogP contribution in [0.2, 0.25) is 0 Å². The maximum Gasteiger partial charge on any atom is 0.317 e. The van der Waals surface area contributed by atoms with E-state index in [4.69, 9.17) is 4.74 Å². The number of amides is 2. The van der Waals surface area contributed by atoms with Crippen LogP contribution in [0.5, 0.6) is 0 Å². The lowest BCUT2D eigenvalue weighted by molar-refractivity contribution is -0.143. The van der Waals surface area contributed by atoms with Gasteiger partial charge in [0, 0.05) is 19.1 Å². The molecular formula is C20H26N2O3. The predicted octanol–water partition coefficient (Wildman–Crippen LogP) is 2.92. The molecule has 134 valence electrons. The van der Waals surface area contributed by atoms with Crippen LogP contribution in [-0.2, 0) is 9.53 Å². The van der Waals surface area contributed by atoms with E-state index in [0.29, 0.717) is 5.92 Å². The van der Waals surface area contributed by atoms with Crippen LogP contribution in [0.15, 0.2) is 30.3 Å². The van der Waals surface area contributed by atoms with Gasteiger partial charge >= 0.3 is 12.0 Å². The van der Waals surface area contributed by atoms with Crippen LogP contribution < -0.4 is 5.32 Å². The van der Waals surface area contributed by atoms with Gasteiger partial charge in [-0.3, -0.25) is 4.79 Å². The molecule has 1 N–H and O–H groups in total. The van der Waals surface area contributed by atoms with Crippen LogP contribution in [0, 0.1) is 11.3 Å². The highest BCUT2D eigenvalue weighted by Crippen LogP contribution is 2.59. The molecular weight excluding hydrogens is 316 g/mol. The second kappa shape index (κ2) is 6.36. The van der Waals surface area contributed by atoms with Gasteiger partial charge in [-0.1, -0.05) is 30.3 Å². The second-order valence-electron chi connectivity index (χ2n) is 7.85. The summed E-state index contributed by atoms with van der Waals surface area (Å²) in [6.07, 6.45) is 4.81. The lowest BCUT2D eigenvalue weighted by Crippen LogP contribution is -2.51. The van der Waals surface area contributed by atoms with Crippen LogP contribution in [0.3, 0.4) is 0 Å². The van der Waals surface area contributed by atoms with Crippen LogP contribution in [0.25, 0.3) is 0 Å². The SMILES string of the molecule is COC(=O)[C@@H]1CC12CCN(C(=O)NC1CC(c3ccccc3)C1)CC2. The number of likely N-dealkylation sites (tertiary alicyclic amines) is 1. The molecule has 1 spiro atoms. The lowest BCUT2D eigenvalue weighted by Gasteiger charge is -2.39. The number of hydrogen-bond donors (Lipinski definition) is 1. The number of methoxy groups -OCH3 is 1. The third-order valence-electron chi connectivity index (χ3n) is 6.46. The molecule has 1 aromatic rings. The molecule has 5 heteroatoms. The zero-order valence-corrected chi connectivity index (χ0v) is 14.7. The van der Waals surface area contributed by atoms with E-state index < -0.39 is 0 Å². The molecule has 1 saturated heterocycles. The largest absolute Gasteiger partial charge is 0.469 e. The van der Waals surface area contributed by atoms with Crippen molar-refractivity contribution in [3.63, 3.8) is 0 Å². The highest BCUT2D eigenvalue weighted by Gasteiger charge is 2.59. The van der Waals surface area contributed by atoms with Gasteiger partial charge in [0.25, 0.3) is 0 Å². The third kappa shape index (κ3) is 3.12. The smallest absolute Gasteiger partial charge is 0.317 e. The average molecular weight is 342 g/mol. The fraction of sp³-hybridized carbons (Fsp3) is 0.600. The van der Waals surface area contributed by atoms with Gasteiger partial charge in [-0.25, -0.2) is 4.79 Å². The standard InChI is InChI=1S/C20H26N2O3/c1-25-18(23)17-13-20(17)7-9-22(10-8-20)19(24)21-16-11-15(12-16)14-5-3-2-4-6-14/h2-6,15-17H,7-13H2,1H3,(H,21,24)/t15?,16?,17-/m0/s1. The summed E-state index contributed by atoms with van der Waals surface area (Å²) < 4.78 is 4.87. The van der Waals surface area contributed by atoms with Gasteiger partial charge < -0.3 is 15.0 Å². The highest BCUT2D eigenvalue weighted by molar-refractivity contribution is 5.77. The van der Waals surface area contributed by atoms with Gasteiger partial charge in [-0.2, -0.15) is 0 Å². The Kier molecular flexibility index (Phi) is 4.18. The molecule has 1 heterocycles. The summed E-state index contributed by atoms with van der Waals surface area (Å²) in [5.41, 5.74) is 1.48. The Morgan fingerprint density at radius 3 is 2.48 bits per heavy atom. The van der Waals surface area contributed by atoms with E-state index in [-0.39, 0.29) is 29.4 Å². The minimum atomic E-state index is -0.0840. The van der Waals surface area contributed by atoms with E-state index in [1.165, 1.54) is 12.7 Å². The molecule has 2 saturated carbocycles. The number of benzene rings is 1. The van der Waals surface area contributed by atoms with Crippen LogP contribution >= 0.6 is 0 Å². The summed E-state index contributed by atoms with van der Waals surface area (Å²) in [6.45, 7) is 1.49. The van der Waals surface area contributed by atoms with Crippen molar-refractivity contribution in [3.8, 4) is 0 Å². The minimum absolute atomic E-state index is 0.0565. The topological polar surface area (TPSA) is 58.6 Å². The first-order valence-electron chi connectivity index (χ1n) is 9.29. The zero-order valence-electron chi connectivity index (χ0n) is 14.7. The van der Waals surface area contributed by atoms with Crippen LogP contribution in [0.1, 0.15) is 43.6 Å². The molecule has 2 aliphatic carbocycles. The van der Waals surface area contributed by atoms with E-state index >= 15 is 0 Å². The molecule has 0 aromatic heterocycles. The van der Waals surface area contributed by atoms with Crippen molar-refractivity contribution in [3.05, 3.63) is 35.9 Å². The number of piperidine rings is 1. The number of ether oxygens (including phenoxy) is 1. The molecule has 1 atom stereocenters. The molecule has 1 aliphatic heterocycles. The van der Waals surface area contributed by atoms with Crippen molar-refractivity contribution >= 4 is 12.0 Å². The zero-order chi connectivity index (χ0) is 17.4. The van der Waals surface area contributed by atoms with Gasteiger partial charge in [-0.05, 0) is 49.0 Å². The number of nitrogens with zero attached hydrogens (tertiary/aromatic N) is 1. The van der Waals surface area contributed by atoms with Gasteiger partial charge in [-0.15, -0.1) is 0 Å². The summed E-state index contributed by atoms with van der Waals surface area (Å²) in [4.78, 5) is 26.1. The molecule has 4 rings (SSSR count). The Morgan fingerprint density at radius 1 is 1.16 bits per heavy atom. The average Bonchev–Trinajstić information content (AvgIpc) is 3.31. The molecule has 25 heavy (non-hydrogen) atoms. The summed E-state index contributed by atoms with van der Waals surface area (Å²) >= 11 is 0. The monoisotopic (exact) mass is 342 g/mol. The van der Waals surface area contributed by atoms with Gasteiger partial charge in [0.15, 0.2) is 0 Å². The number of urea groups is 1. The number of carbonyl (C=O) groups is 2. The van der Waals surface area contributed by atoms with Gasteiger partial charge in [0.2, 0.25) is 0 Å². The molecule has 1 aromatic carbocycles. The Hall–Kier alpha value is -2.04. The normalized spacial score (nSPS) is 29.6. The first-order valence-corrected chi connectivity index (χ1v) is 9.29. The predicted molar refractivity (Wildman–Crippen MR) is 94.1 cm³/mol. The molecule has 2 amide bonds. The Labute approximate surface area is 148 Å². The maximum atomic E-state index is 12.5. The van der Waals surface area contributed by atoms with Gasteiger partial charge in [0.1, 0.15) is 0 Å². The Morgan fingerprint density at radius 2 is 1.84 bits per heavy atom. The number of rotatable bonds is 3. The maximum absolute atomic E-state index is 12.5. The summed E-state index contributed by atoms with van der Waals surface area (Å²) in [5.74, 6) is 0.545.